The third-order valence-corrected chi connectivity index (χ3v) is 4.27. The standard InChI is InChI=1S/C13H8BrClN2S/c14-9-6-5-8(7-10(9)15)17-12-4-2-1-3-11(12)16-13(17)18/h1-7H,(H,16,18). The van der Waals surface area contributed by atoms with E-state index in [2.05, 4.69) is 20.9 Å². The van der Waals surface area contributed by atoms with E-state index in [0.29, 0.717) is 9.79 Å². The number of aromatic nitrogens is 2. The molecule has 0 atom stereocenters. The molecule has 0 spiro atoms. The summed E-state index contributed by atoms with van der Waals surface area (Å²) < 4.78 is 3.51. The minimum Gasteiger partial charge on any atom is -0.330 e. The van der Waals surface area contributed by atoms with Crippen LogP contribution in [-0.4, -0.2) is 9.55 Å². The summed E-state index contributed by atoms with van der Waals surface area (Å²) in [5.41, 5.74) is 3.01. The molecule has 1 N–H and O–H groups in total. The van der Waals surface area contributed by atoms with Crippen molar-refractivity contribution in [2.24, 2.45) is 0 Å². The highest BCUT2D eigenvalue weighted by Crippen LogP contribution is 2.27. The van der Waals surface area contributed by atoms with Crippen molar-refractivity contribution in [3.63, 3.8) is 0 Å². The maximum atomic E-state index is 6.13. The van der Waals surface area contributed by atoms with Crippen molar-refractivity contribution in [2.75, 3.05) is 0 Å². The average molecular weight is 340 g/mol. The first-order valence-corrected chi connectivity index (χ1v) is 6.90. The fraction of sp³-hybridized carbons (Fsp3) is 0. The maximum Gasteiger partial charge on any atom is 0.182 e. The topological polar surface area (TPSA) is 20.7 Å². The molecular formula is C13H8BrClN2S. The molecule has 0 saturated carbocycles. The minimum absolute atomic E-state index is 0.662. The van der Waals surface area contributed by atoms with Gasteiger partial charge in [0.1, 0.15) is 0 Å². The number of imidazole rings is 1. The zero-order chi connectivity index (χ0) is 12.7. The van der Waals surface area contributed by atoms with Crippen LogP contribution in [0.4, 0.5) is 0 Å². The molecule has 0 unspecified atom stereocenters. The smallest absolute Gasteiger partial charge is 0.182 e. The fourth-order valence-corrected chi connectivity index (χ4v) is 2.67. The lowest BCUT2D eigenvalue weighted by Gasteiger charge is -2.06. The van der Waals surface area contributed by atoms with E-state index in [1.165, 1.54) is 0 Å². The van der Waals surface area contributed by atoms with Crippen LogP contribution in [0.1, 0.15) is 0 Å². The Morgan fingerprint density at radius 3 is 2.72 bits per heavy atom. The molecule has 3 aromatic rings. The Morgan fingerprint density at radius 2 is 1.94 bits per heavy atom. The molecule has 0 aliphatic rings. The highest BCUT2D eigenvalue weighted by atomic mass is 79.9. The summed E-state index contributed by atoms with van der Waals surface area (Å²) in [7, 11) is 0. The number of rotatable bonds is 1. The van der Waals surface area contributed by atoms with Gasteiger partial charge in [-0.25, -0.2) is 0 Å². The van der Waals surface area contributed by atoms with Crippen LogP contribution in [0, 0.1) is 4.77 Å². The molecule has 0 amide bonds. The number of nitrogens with zero attached hydrogens (tertiary/aromatic N) is 1. The van der Waals surface area contributed by atoms with Gasteiger partial charge >= 0.3 is 0 Å². The maximum absolute atomic E-state index is 6.13. The van der Waals surface area contributed by atoms with E-state index < -0.39 is 0 Å². The average Bonchev–Trinajstić information content (AvgIpc) is 2.69. The van der Waals surface area contributed by atoms with Gasteiger partial charge in [0.05, 0.1) is 16.1 Å². The molecule has 3 rings (SSSR count). The van der Waals surface area contributed by atoms with Crippen molar-refractivity contribution in [1.82, 2.24) is 9.55 Å². The molecule has 0 saturated heterocycles. The number of halogens is 2. The zero-order valence-electron chi connectivity index (χ0n) is 9.15. The first-order chi connectivity index (χ1) is 8.66. The van der Waals surface area contributed by atoms with Gasteiger partial charge in [-0.3, -0.25) is 4.57 Å². The molecule has 18 heavy (non-hydrogen) atoms. The minimum atomic E-state index is 0.662. The summed E-state index contributed by atoms with van der Waals surface area (Å²) in [5, 5.41) is 0.666. The molecule has 0 fully saturated rings. The Balaban J connectivity index is 2.34. The van der Waals surface area contributed by atoms with Gasteiger partial charge in [-0.05, 0) is 58.5 Å². The van der Waals surface area contributed by atoms with Crippen LogP contribution in [0.2, 0.25) is 5.02 Å². The number of hydrogen-bond acceptors (Lipinski definition) is 1. The lowest BCUT2D eigenvalue weighted by molar-refractivity contribution is 1.06. The van der Waals surface area contributed by atoms with Gasteiger partial charge in [-0.1, -0.05) is 23.7 Å². The second-order valence-electron chi connectivity index (χ2n) is 3.88. The Labute approximate surface area is 122 Å². The van der Waals surface area contributed by atoms with Crippen molar-refractivity contribution in [3.05, 3.63) is 56.7 Å². The summed E-state index contributed by atoms with van der Waals surface area (Å²) in [5.74, 6) is 0. The van der Waals surface area contributed by atoms with Gasteiger partial charge < -0.3 is 4.98 Å². The van der Waals surface area contributed by atoms with Crippen LogP contribution >= 0.6 is 39.7 Å². The second-order valence-corrected chi connectivity index (χ2v) is 5.53. The van der Waals surface area contributed by atoms with Crippen molar-refractivity contribution >= 4 is 50.8 Å². The number of fused-ring (bicyclic) bond motifs is 1. The van der Waals surface area contributed by atoms with Crippen LogP contribution in [0.15, 0.2) is 46.9 Å². The Morgan fingerprint density at radius 1 is 1.17 bits per heavy atom. The summed E-state index contributed by atoms with van der Waals surface area (Å²) in [6.45, 7) is 0. The predicted octanol–water partition coefficient (Wildman–Crippen LogP) is 5.10. The molecular weight excluding hydrogens is 332 g/mol. The van der Waals surface area contributed by atoms with E-state index in [0.717, 1.165) is 21.2 Å². The molecule has 5 heteroatoms. The highest BCUT2D eigenvalue weighted by Gasteiger charge is 2.07. The number of benzene rings is 2. The van der Waals surface area contributed by atoms with Crippen LogP contribution in [-0.2, 0) is 0 Å². The Bertz CT molecular complexity index is 791. The van der Waals surface area contributed by atoms with E-state index >= 15 is 0 Å². The van der Waals surface area contributed by atoms with Gasteiger partial charge in [-0.15, -0.1) is 0 Å². The van der Waals surface area contributed by atoms with Crippen molar-refractivity contribution in [1.29, 1.82) is 0 Å². The zero-order valence-corrected chi connectivity index (χ0v) is 12.3. The molecule has 1 aromatic heterocycles. The van der Waals surface area contributed by atoms with Crippen molar-refractivity contribution in [3.8, 4) is 5.69 Å². The van der Waals surface area contributed by atoms with Crippen molar-refractivity contribution in [2.45, 2.75) is 0 Å². The number of hydrogen-bond donors (Lipinski definition) is 1. The predicted molar refractivity (Wildman–Crippen MR) is 81.2 cm³/mol. The molecule has 90 valence electrons. The highest BCUT2D eigenvalue weighted by molar-refractivity contribution is 9.10. The largest absolute Gasteiger partial charge is 0.330 e. The molecule has 0 radical (unpaired) electrons. The summed E-state index contributed by atoms with van der Waals surface area (Å²) >= 11 is 14.9. The van der Waals surface area contributed by atoms with E-state index in [-0.39, 0.29) is 0 Å². The first-order valence-electron chi connectivity index (χ1n) is 5.32. The summed E-state index contributed by atoms with van der Waals surface area (Å²) in [4.78, 5) is 3.18. The lowest BCUT2D eigenvalue weighted by atomic mass is 10.3. The Hall–Kier alpha value is -1.10. The van der Waals surface area contributed by atoms with Crippen LogP contribution < -0.4 is 0 Å². The van der Waals surface area contributed by atoms with Crippen LogP contribution in [0.25, 0.3) is 16.7 Å². The van der Waals surface area contributed by atoms with Crippen molar-refractivity contribution < 1.29 is 0 Å². The monoisotopic (exact) mass is 338 g/mol. The third-order valence-electron chi connectivity index (χ3n) is 2.75. The number of nitrogens with one attached hydrogen (secondary N) is 1. The second kappa shape index (κ2) is 4.53. The molecule has 0 aliphatic heterocycles. The number of para-hydroxylation sites is 2. The first kappa shape index (κ1) is 12.0. The van der Waals surface area contributed by atoms with Crippen LogP contribution in [0.3, 0.4) is 0 Å². The van der Waals surface area contributed by atoms with E-state index in [9.17, 15) is 0 Å². The van der Waals surface area contributed by atoms with E-state index in [1.807, 2.05) is 47.0 Å². The lowest BCUT2D eigenvalue weighted by Crippen LogP contribution is -1.93. The molecule has 1 heterocycles. The normalized spacial score (nSPS) is 11.0. The molecule has 0 aliphatic carbocycles. The summed E-state index contributed by atoms with van der Waals surface area (Å²) in [6.07, 6.45) is 0. The fourth-order valence-electron chi connectivity index (χ4n) is 1.94. The number of H-pyrrole nitrogens is 1. The van der Waals surface area contributed by atoms with Gasteiger partial charge in [0.15, 0.2) is 4.77 Å². The van der Waals surface area contributed by atoms with Gasteiger partial charge in [0.25, 0.3) is 0 Å². The quantitative estimate of drug-likeness (QED) is 0.611. The third kappa shape index (κ3) is 1.90. The van der Waals surface area contributed by atoms with Gasteiger partial charge in [0, 0.05) is 10.2 Å². The molecule has 0 bridgehead atoms. The molecule has 2 nitrogen and oxygen atoms in total. The summed E-state index contributed by atoms with van der Waals surface area (Å²) in [6, 6.07) is 13.8. The Kier molecular flexibility index (Phi) is 3.01. The van der Waals surface area contributed by atoms with Gasteiger partial charge in [-0.2, -0.15) is 0 Å². The van der Waals surface area contributed by atoms with E-state index in [4.69, 9.17) is 23.8 Å². The number of aromatic amines is 1. The van der Waals surface area contributed by atoms with Crippen LogP contribution in [0.5, 0.6) is 0 Å². The van der Waals surface area contributed by atoms with E-state index in [1.54, 1.807) is 0 Å². The van der Waals surface area contributed by atoms with Gasteiger partial charge in [0.2, 0.25) is 0 Å². The molecule has 2 aromatic carbocycles. The SMILES string of the molecule is S=c1[nH]c2ccccc2n1-c1ccc(Br)c(Cl)c1.